The number of ether oxygens (including phenoxy) is 1. The molecule has 0 saturated carbocycles. The molecule has 2 aromatic heterocycles. The van der Waals surface area contributed by atoms with Gasteiger partial charge >= 0.3 is 12.2 Å². The van der Waals surface area contributed by atoms with Crippen LogP contribution < -0.4 is 10.5 Å². The molecule has 1 aliphatic rings. The van der Waals surface area contributed by atoms with Gasteiger partial charge in [-0.3, -0.25) is 0 Å². The predicted molar refractivity (Wildman–Crippen MR) is 180 cm³/mol. The molecule has 10 heteroatoms. The van der Waals surface area contributed by atoms with Gasteiger partial charge in [0.2, 0.25) is 0 Å². The van der Waals surface area contributed by atoms with Gasteiger partial charge in [-0.1, -0.05) is 57.9 Å². The fourth-order valence-corrected chi connectivity index (χ4v) is 7.78. The molecule has 246 valence electrons. The molecule has 0 spiro atoms. The zero-order valence-electron chi connectivity index (χ0n) is 27.0. The minimum absolute atomic E-state index is 0.0999. The number of anilines is 1. The minimum atomic E-state index is -4.72. The highest BCUT2D eigenvalue weighted by Gasteiger charge is 2.37. The highest BCUT2D eigenvalue weighted by Crippen LogP contribution is 2.47. The number of aromatic nitrogens is 2. The Morgan fingerprint density at radius 1 is 1.13 bits per heavy atom. The van der Waals surface area contributed by atoms with E-state index in [-0.39, 0.29) is 54.2 Å². The van der Waals surface area contributed by atoms with Crippen molar-refractivity contribution < 1.29 is 22.3 Å². The van der Waals surface area contributed by atoms with Crippen LogP contribution in [-0.4, -0.2) is 41.1 Å². The number of benzene rings is 2. The largest absolute Gasteiger partial charge is 0.463 e. The molecule has 0 radical (unpaired) electrons. The van der Waals surface area contributed by atoms with E-state index in [1.807, 2.05) is 0 Å². The van der Waals surface area contributed by atoms with Crippen LogP contribution in [-0.2, 0) is 6.18 Å². The van der Waals surface area contributed by atoms with Crippen LogP contribution >= 0.6 is 11.3 Å². The molecular formula is C36H42F4N4OS. The molecule has 5 nitrogen and oxygen atoms in total. The molecule has 0 bridgehead atoms. The van der Waals surface area contributed by atoms with Gasteiger partial charge in [-0.2, -0.15) is 23.1 Å². The smallest absolute Gasteiger partial charge is 0.417 e. The Morgan fingerprint density at radius 2 is 1.87 bits per heavy atom. The third kappa shape index (κ3) is 6.96. The van der Waals surface area contributed by atoms with E-state index in [1.165, 1.54) is 44.6 Å². The predicted octanol–water partition coefficient (Wildman–Crippen LogP) is 9.69. The number of rotatable bonds is 11. The van der Waals surface area contributed by atoms with Crippen LogP contribution in [0.15, 0.2) is 18.2 Å². The molecule has 4 aromatic rings. The van der Waals surface area contributed by atoms with E-state index < -0.39 is 17.6 Å². The number of alkyl halides is 3. The van der Waals surface area contributed by atoms with Crippen molar-refractivity contribution in [3.63, 3.8) is 0 Å². The van der Waals surface area contributed by atoms with E-state index in [0.29, 0.717) is 17.8 Å². The number of fused-ring (bicyclic) bond motifs is 2. The van der Waals surface area contributed by atoms with Crippen molar-refractivity contribution in [1.82, 2.24) is 14.9 Å². The molecule has 1 aliphatic heterocycles. The quantitative estimate of drug-likeness (QED) is 0.0991. The van der Waals surface area contributed by atoms with Crippen LogP contribution in [0.25, 0.3) is 32.1 Å². The highest BCUT2D eigenvalue weighted by molar-refractivity contribution is 7.23. The topological polar surface area (TPSA) is 64.3 Å². The summed E-state index contributed by atoms with van der Waals surface area (Å²) in [4.78, 5) is 11.6. The molecule has 0 aliphatic carbocycles. The molecule has 5 rings (SSSR count). The standard InChI is InChI=1S/C36H42F4N4OS/c1-6-8-9-10-11-12-17-44-18-13-16-35(5,20-44)21-45-34-42-23(4)26-19-27(36(38,39)40)29(22(3)31(26)43-34)25-14-15-28(37)32-30(25)24(7-2)33(41)46-32/h2,14-15,19H,6,8-13,16-18,20-21,41H2,1,3-5H3. The normalized spacial score (nSPS) is 17.5. The summed E-state index contributed by atoms with van der Waals surface area (Å²) in [7, 11) is 0. The van der Waals surface area contributed by atoms with Crippen LogP contribution in [0.5, 0.6) is 6.01 Å². The first kappa shape index (κ1) is 33.9. The van der Waals surface area contributed by atoms with Crippen molar-refractivity contribution >= 4 is 37.3 Å². The second kappa shape index (κ2) is 13.7. The average molecular weight is 655 g/mol. The second-order valence-electron chi connectivity index (χ2n) is 12.9. The lowest BCUT2D eigenvalue weighted by Crippen LogP contribution is -2.45. The van der Waals surface area contributed by atoms with Crippen LogP contribution in [0, 0.1) is 37.4 Å². The number of hydrogen-bond acceptors (Lipinski definition) is 6. The lowest BCUT2D eigenvalue weighted by molar-refractivity contribution is -0.137. The minimum Gasteiger partial charge on any atom is -0.463 e. The average Bonchev–Trinajstić information content (AvgIpc) is 3.35. The molecule has 2 aromatic carbocycles. The number of hydrogen-bond donors (Lipinski definition) is 1. The molecule has 3 heterocycles. The Balaban J connectivity index is 1.47. The molecule has 1 fully saturated rings. The third-order valence-electron chi connectivity index (χ3n) is 9.18. The molecule has 0 amide bonds. The molecule has 1 unspecified atom stereocenters. The van der Waals surface area contributed by atoms with E-state index in [1.54, 1.807) is 13.8 Å². The second-order valence-corrected chi connectivity index (χ2v) is 14.0. The first-order chi connectivity index (χ1) is 21.9. The van der Waals surface area contributed by atoms with Crippen molar-refractivity contribution in [3.05, 3.63) is 46.4 Å². The first-order valence-electron chi connectivity index (χ1n) is 16.1. The summed E-state index contributed by atoms with van der Waals surface area (Å²) in [5, 5.41) is 0.637. The zero-order valence-corrected chi connectivity index (χ0v) is 27.9. The van der Waals surface area contributed by atoms with E-state index >= 15 is 0 Å². The molecule has 46 heavy (non-hydrogen) atoms. The number of aryl methyl sites for hydroxylation is 2. The SMILES string of the molecule is C#Cc1c(N)sc2c(F)ccc(-c3c(C(F)(F)F)cc4c(C)nc(OCC5(C)CCCN(CCCCCCCC)C5)nc4c3C)c12. The number of terminal acetylenes is 1. The van der Waals surface area contributed by atoms with E-state index in [9.17, 15) is 17.6 Å². The number of nitrogens with zero attached hydrogens (tertiary/aromatic N) is 3. The number of likely N-dealkylation sites (tertiary alicyclic amines) is 1. The maximum absolute atomic E-state index is 14.8. The molecule has 1 saturated heterocycles. The van der Waals surface area contributed by atoms with E-state index in [2.05, 4.69) is 34.6 Å². The third-order valence-corrected chi connectivity index (χ3v) is 10.2. The van der Waals surface area contributed by atoms with Crippen molar-refractivity contribution in [1.29, 1.82) is 0 Å². The van der Waals surface area contributed by atoms with Gasteiger partial charge < -0.3 is 15.4 Å². The monoisotopic (exact) mass is 654 g/mol. The summed E-state index contributed by atoms with van der Waals surface area (Å²) in [5.41, 5.74) is 6.31. The number of halogens is 4. The van der Waals surface area contributed by atoms with Crippen LogP contribution in [0.4, 0.5) is 22.6 Å². The van der Waals surface area contributed by atoms with Crippen molar-refractivity contribution in [2.75, 3.05) is 32.0 Å². The number of nitrogens with two attached hydrogens (primary N) is 1. The van der Waals surface area contributed by atoms with E-state index in [0.717, 1.165) is 55.9 Å². The maximum Gasteiger partial charge on any atom is 0.417 e. The Kier molecular flexibility index (Phi) is 10.1. The van der Waals surface area contributed by atoms with Gasteiger partial charge in [0.05, 0.1) is 33.6 Å². The Hall–Kier alpha value is -3.42. The zero-order chi connectivity index (χ0) is 33.2. The summed E-state index contributed by atoms with van der Waals surface area (Å²) in [6.45, 7) is 11.1. The summed E-state index contributed by atoms with van der Waals surface area (Å²) in [6.07, 6.45) is 10.6. The fourth-order valence-electron chi connectivity index (χ4n) is 6.82. The number of piperidine rings is 1. The van der Waals surface area contributed by atoms with Gasteiger partial charge in [-0.05, 0) is 75.0 Å². The van der Waals surface area contributed by atoms with Gasteiger partial charge in [0.15, 0.2) is 0 Å². The van der Waals surface area contributed by atoms with Gasteiger partial charge in [-0.25, -0.2) is 4.39 Å². The van der Waals surface area contributed by atoms with Crippen LogP contribution in [0.1, 0.15) is 87.6 Å². The summed E-state index contributed by atoms with van der Waals surface area (Å²) >= 11 is 0.924. The van der Waals surface area contributed by atoms with Gasteiger partial charge in [0.25, 0.3) is 0 Å². The molecule has 2 N–H and O–H groups in total. The Morgan fingerprint density at radius 3 is 2.59 bits per heavy atom. The van der Waals surface area contributed by atoms with Gasteiger partial charge in [-0.15, -0.1) is 17.8 Å². The van der Waals surface area contributed by atoms with Crippen LogP contribution in [0.3, 0.4) is 0 Å². The maximum atomic E-state index is 14.8. The van der Waals surface area contributed by atoms with Crippen molar-refractivity contribution in [3.8, 4) is 29.5 Å². The van der Waals surface area contributed by atoms with Gasteiger partial charge in [0.1, 0.15) is 10.8 Å². The Labute approximate surface area is 272 Å². The van der Waals surface area contributed by atoms with Crippen LogP contribution in [0.2, 0.25) is 0 Å². The van der Waals surface area contributed by atoms with Gasteiger partial charge in [0, 0.05) is 22.7 Å². The highest BCUT2D eigenvalue weighted by atomic mass is 32.1. The fraction of sp³-hybridized carbons (Fsp3) is 0.500. The number of thiophene rings is 1. The summed E-state index contributed by atoms with van der Waals surface area (Å²) < 4.78 is 65.2. The number of unbranched alkanes of at least 4 members (excludes halogenated alkanes) is 5. The Bertz CT molecular complexity index is 1780. The lowest BCUT2D eigenvalue weighted by atomic mass is 9.82. The van der Waals surface area contributed by atoms with Crippen molar-refractivity contribution in [2.45, 2.75) is 85.2 Å². The van der Waals surface area contributed by atoms with E-state index in [4.69, 9.17) is 16.9 Å². The van der Waals surface area contributed by atoms with Crippen molar-refractivity contribution in [2.24, 2.45) is 5.41 Å². The molecular weight excluding hydrogens is 612 g/mol. The summed E-state index contributed by atoms with van der Waals surface area (Å²) in [6, 6.07) is 3.68. The first-order valence-corrected chi connectivity index (χ1v) is 16.9. The number of nitrogen functional groups attached to an aromatic ring is 1. The summed E-state index contributed by atoms with van der Waals surface area (Å²) in [5.74, 6) is 1.86. The lowest BCUT2D eigenvalue weighted by Gasteiger charge is -2.40. The molecule has 1 atom stereocenters.